The van der Waals surface area contributed by atoms with Gasteiger partial charge in [0.05, 0.1) is 18.8 Å². The summed E-state index contributed by atoms with van der Waals surface area (Å²) >= 11 is 0. The van der Waals surface area contributed by atoms with Gasteiger partial charge in [-0.25, -0.2) is 9.59 Å². The predicted molar refractivity (Wildman–Crippen MR) is 61.0 cm³/mol. The van der Waals surface area contributed by atoms with Crippen LogP contribution in [0.2, 0.25) is 0 Å². The number of urea groups is 1. The van der Waals surface area contributed by atoms with E-state index in [1.54, 1.807) is 0 Å². The van der Waals surface area contributed by atoms with Crippen molar-refractivity contribution in [3.8, 4) is 0 Å². The van der Waals surface area contributed by atoms with Gasteiger partial charge >= 0.3 is 12.0 Å². The third kappa shape index (κ3) is 2.91. The maximum Gasteiger partial charge on any atom is 0.328 e. The smallest absolute Gasteiger partial charge is 0.328 e. The van der Waals surface area contributed by atoms with Crippen LogP contribution in [0.4, 0.5) is 4.79 Å². The number of carboxylic acid groups (broad SMARTS) is 1. The van der Waals surface area contributed by atoms with Crippen LogP contribution < -0.4 is 10.6 Å². The number of aliphatic hydroxyl groups excluding tert-OH is 1. The topological polar surface area (TPSA) is 108 Å². The molecule has 4 atom stereocenters. The van der Waals surface area contributed by atoms with E-state index in [9.17, 15) is 9.59 Å². The molecule has 7 nitrogen and oxygen atoms in total. The summed E-state index contributed by atoms with van der Waals surface area (Å²) in [6, 6.07) is -1.83. The average Bonchev–Trinajstić information content (AvgIpc) is 2.95. The van der Waals surface area contributed by atoms with Gasteiger partial charge in [-0.2, -0.15) is 0 Å². The number of nitrogens with one attached hydrogen (secondary N) is 2. The first kappa shape index (κ1) is 13.1. The average molecular weight is 258 g/mol. The molecule has 2 bridgehead atoms. The fraction of sp³-hybridized carbons (Fsp3) is 0.818. The third-order valence-electron chi connectivity index (χ3n) is 3.54. The summed E-state index contributed by atoms with van der Waals surface area (Å²) in [4.78, 5) is 22.1. The molecule has 0 aromatic heterocycles. The highest BCUT2D eigenvalue weighted by Gasteiger charge is 2.40. The lowest BCUT2D eigenvalue weighted by Gasteiger charge is -2.19. The van der Waals surface area contributed by atoms with Gasteiger partial charge in [0.1, 0.15) is 0 Å². The number of rotatable bonds is 5. The Morgan fingerprint density at radius 1 is 1.39 bits per heavy atom. The standard InChI is InChI=1S/C11H18N2O5/c14-5-8(10(15)16)13-11(17)12-4-6-3-7-1-2-9(6)18-7/h6-9,14H,1-5H2,(H,15,16)(H2,12,13,17)/t6?,7?,8-,9?/m0/s1. The molecule has 0 aromatic rings. The van der Waals surface area contributed by atoms with E-state index in [-0.39, 0.29) is 6.10 Å². The Labute approximate surface area is 105 Å². The summed E-state index contributed by atoms with van der Waals surface area (Å²) in [7, 11) is 0. The summed E-state index contributed by atoms with van der Waals surface area (Å²) in [5.74, 6) is -0.942. The Morgan fingerprint density at radius 3 is 2.67 bits per heavy atom. The minimum atomic E-state index is -1.26. The van der Waals surface area contributed by atoms with E-state index in [0.29, 0.717) is 18.6 Å². The molecule has 0 saturated carbocycles. The Morgan fingerprint density at radius 2 is 2.17 bits per heavy atom. The molecule has 0 aromatic carbocycles. The van der Waals surface area contributed by atoms with Gasteiger partial charge in [-0.3, -0.25) is 0 Å². The molecule has 2 heterocycles. The summed E-state index contributed by atoms with van der Waals surface area (Å²) < 4.78 is 5.65. The van der Waals surface area contributed by atoms with Crippen molar-refractivity contribution >= 4 is 12.0 Å². The first-order valence-electron chi connectivity index (χ1n) is 6.13. The predicted octanol–water partition coefficient (Wildman–Crippen LogP) is -0.701. The monoisotopic (exact) mass is 258 g/mol. The third-order valence-corrected chi connectivity index (χ3v) is 3.54. The summed E-state index contributed by atoms with van der Waals surface area (Å²) in [6.07, 6.45) is 3.64. The minimum Gasteiger partial charge on any atom is -0.480 e. The molecule has 4 N–H and O–H groups in total. The highest BCUT2D eigenvalue weighted by Crippen LogP contribution is 2.38. The van der Waals surface area contributed by atoms with Crippen LogP contribution in [-0.2, 0) is 9.53 Å². The fourth-order valence-corrected chi connectivity index (χ4v) is 2.58. The normalized spacial score (nSPS) is 31.1. The zero-order valence-corrected chi connectivity index (χ0v) is 9.96. The number of carboxylic acids is 1. The zero-order chi connectivity index (χ0) is 13.1. The van der Waals surface area contributed by atoms with Crippen molar-refractivity contribution < 1.29 is 24.5 Å². The highest BCUT2D eigenvalue weighted by molar-refractivity contribution is 5.82. The lowest BCUT2D eigenvalue weighted by molar-refractivity contribution is -0.140. The number of aliphatic hydroxyl groups is 1. The number of aliphatic carboxylic acids is 1. The zero-order valence-electron chi connectivity index (χ0n) is 9.96. The Balaban J connectivity index is 1.70. The lowest BCUT2D eigenvalue weighted by atomic mass is 9.89. The van der Waals surface area contributed by atoms with Crippen LogP contribution in [-0.4, -0.2) is 53.6 Å². The van der Waals surface area contributed by atoms with Crippen LogP contribution in [0.25, 0.3) is 0 Å². The van der Waals surface area contributed by atoms with E-state index in [0.717, 1.165) is 19.3 Å². The van der Waals surface area contributed by atoms with E-state index in [1.165, 1.54) is 0 Å². The van der Waals surface area contributed by atoms with Gasteiger partial charge < -0.3 is 25.6 Å². The SMILES string of the molecule is O=C(NCC1CC2CCC1O2)N[C@@H](CO)C(=O)O. The Bertz CT molecular complexity index is 335. The summed E-state index contributed by atoms with van der Waals surface area (Å²) in [6.45, 7) is -0.148. The number of hydrogen-bond acceptors (Lipinski definition) is 4. The van der Waals surface area contributed by atoms with Gasteiger partial charge in [0.15, 0.2) is 6.04 Å². The molecule has 0 aliphatic carbocycles. The molecular formula is C11H18N2O5. The fourth-order valence-electron chi connectivity index (χ4n) is 2.58. The number of fused-ring (bicyclic) bond motifs is 2. The second-order valence-electron chi connectivity index (χ2n) is 4.80. The van der Waals surface area contributed by atoms with E-state index in [2.05, 4.69) is 10.6 Å². The molecule has 3 unspecified atom stereocenters. The maximum absolute atomic E-state index is 11.4. The van der Waals surface area contributed by atoms with Gasteiger partial charge in [0, 0.05) is 12.5 Å². The van der Waals surface area contributed by atoms with Crippen molar-refractivity contribution in [2.24, 2.45) is 5.92 Å². The van der Waals surface area contributed by atoms with Gasteiger partial charge in [0.2, 0.25) is 0 Å². The molecule has 0 radical (unpaired) electrons. The van der Waals surface area contributed by atoms with Crippen molar-refractivity contribution in [1.29, 1.82) is 0 Å². The van der Waals surface area contributed by atoms with Crippen LogP contribution >= 0.6 is 0 Å². The molecule has 2 fully saturated rings. The molecule has 2 aliphatic heterocycles. The van der Waals surface area contributed by atoms with E-state index >= 15 is 0 Å². The lowest BCUT2D eigenvalue weighted by Crippen LogP contribution is -2.49. The molecule has 2 amide bonds. The molecule has 18 heavy (non-hydrogen) atoms. The van der Waals surface area contributed by atoms with Gasteiger partial charge in [0.25, 0.3) is 0 Å². The number of carbonyl (C=O) groups is 2. The molecule has 7 heteroatoms. The summed E-state index contributed by atoms with van der Waals surface area (Å²) in [5.41, 5.74) is 0. The van der Waals surface area contributed by atoms with Crippen molar-refractivity contribution in [1.82, 2.24) is 10.6 Å². The van der Waals surface area contributed by atoms with Crippen LogP contribution in [0.1, 0.15) is 19.3 Å². The largest absolute Gasteiger partial charge is 0.480 e. The van der Waals surface area contributed by atoms with E-state index < -0.39 is 24.6 Å². The summed E-state index contributed by atoms with van der Waals surface area (Å²) in [5, 5.41) is 22.3. The quantitative estimate of drug-likeness (QED) is 0.521. The van der Waals surface area contributed by atoms with Crippen LogP contribution in [0.15, 0.2) is 0 Å². The van der Waals surface area contributed by atoms with Gasteiger partial charge in [-0.15, -0.1) is 0 Å². The molecular weight excluding hydrogens is 240 g/mol. The Kier molecular flexibility index (Phi) is 4.03. The second kappa shape index (κ2) is 5.53. The molecule has 2 saturated heterocycles. The van der Waals surface area contributed by atoms with Crippen LogP contribution in [0.5, 0.6) is 0 Å². The number of amides is 2. The molecule has 2 rings (SSSR count). The highest BCUT2D eigenvalue weighted by atomic mass is 16.5. The van der Waals surface area contributed by atoms with E-state index in [1.807, 2.05) is 0 Å². The first-order valence-corrected chi connectivity index (χ1v) is 6.13. The van der Waals surface area contributed by atoms with Crippen molar-refractivity contribution in [2.75, 3.05) is 13.2 Å². The minimum absolute atomic E-state index is 0.225. The maximum atomic E-state index is 11.4. The van der Waals surface area contributed by atoms with Gasteiger partial charge in [-0.1, -0.05) is 0 Å². The molecule has 0 spiro atoms. The number of carbonyl (C=O) groups excluding carboxylic acids is 1. The Hall–Kier alpha value is -1.34. The molecule has 102 valence electrons. The van der Waals surface area contributed by atoms with Gasteiger partial charge in [-0.05, 0) is 19.3 Å². The van der Waals surface area contributed by atoms with Crippen molar-refractivity contribution in [3.63, 3.8) is 0 Å². The molecule has 2 aliphatic rings. The van der Waals surface area contributed by atoms with E-state index in [4.69, 9.17) is 14.9 Å². The van der Waals surface area contributed by atoms with Crippen LogP contribution in [0.3, 0.4) is 0 Å². The second-order valence-corrected chi connectivity index (χ2v) is 4.80. The van der Waals surface area contributed by atoms with Crippen LogP contribution in [0, 0.1) is 5.92 Å². The first-order chi connectivity index (χ1) is 8.60. The van der Waals surface area contributed by atoms with Crippen molar-refractivity contribution in [2.45, 2.75) is 37.5 Å². The number of hydrogen-bond donors (Lipinski definition) is 4. The number of ether oxygens (including phenoxy) is 1. The van der Waals surface area contributed by atoms with Crippen molar-refractivity contribution in [3.05, 3.63) is 0 Å².